The maximum absolute atomic E-state index is 11.9. The van der Waals surface area contributed by atoms with Gasteiger partial charge >= 0.3 is 6.01 Å². The summed E-state index contributed by atoms with van der Waals surface area (Å²) in [6.07, 6.45) is 2.43. The number of hydrogen-bond acceptors (Lipinski definition) is 4. The Kier molecular flexibility index (Phi) is 6.42. The van der Waals surface area contributed by atoms with E-state index >= 15 is 0 Å². The molecule has 3 rings (SSSR count). The molecule has 0 atom stereocenters. The van der Waals surface area contributed by atoms with Crippen molar-refractivity contribution in [2.45, 2.75) is 40.0 Å². The minimum Gasteiger partial charge on any atom is -0.463 e. The van der Waals surface area contributed by atoms with Crippen LogP contribution in [0.25, 0.3) is 17.1 Å². The van der Waals surface area contributed by atoms with Crippen LogP contribution in [0.2, 0.25) is 0 Å². The van der Waals surface area contributed by atoms with Gasteiger partial charge in [0.2, 0.25) is 5.91 Å². The minimum atomic E-state index is 0.0364. The van der Waals surface area contributed by atoms with Gasteiger partial charge in [0.15, 0.2) is 5.82 Å². The van der Waals surface area contributed by atoms with Crippen LogP contribution in [0.5, 0.6) is 6.01 Å². The lowest BCUT2D eigenvalue weighted by atomic mass is 10.1. The molecule has 0 aliphatic heterocycles. The van der Waals surface area contributed by atoms with Gasteiger partial charge in [0.05, 0.1) is 12.3 Å². The number of hydrogen-bond donors (Lipinski definition) is 1. The quantitative estimate of drug-likeness (QED) is 0.613. The average Bonchev–Trinajstić information content (AvgIpc) is 3.12. The first-order valence-electron chi connectivity index (χ1n) is 9.68. The van der Waals surface area contributed by atoms with E-state index in [1.54, 1.807) is 4.68 Å². The Hall–Kier alpha value is -3.15. The molecule has 0 spiro atoms. The van der Waals surface area contributed by atoms with E-state index in [9.17, 15) is 4.79 Å². The molecular formula is C22H26N4O2. The normalized spacial score (nSPS) is 10.7. The van der Waals surface area contributed by atoms with Crippen molar-refractivity contribution >= 4 is 11.6 Å². The highest BCUT2D eigenvalue weighted by Crippen LogP contribution is 2.25. The largest absolute Gasteiger partial charge is 0.463 e. The zero-order valence-corrected chi connectivity index (χ0v) is 16.6. The summed E-state index contributed by atoms with van der Waals surface area (Å²) in [5.74, 6) is 0.748. The van der Waals surface area contributed by atoms with E-state index in [-0.39, 0.29) is 5.91 Å². The minimum absolute atomic E-state index is 0.0364. The van der Waals surface area contributed by atoms with E-state index in [4.69, 9.17) is 4.74 Å². The summed E-state index contributed by atoms with van der Waals surface area (Å²) < 4.78 is 7.27. The molecule has 6 nitrogen and oxygen atoms in total. The molecule has 1 aromatic heterocycles. The molecule has 0 radical (unpaired) electrons. The molecule has 0 saturated heterocycles. The van der Waals surface area contributed by atoms with Crippen molar-refractivity contribution in [2.24, 2.45) is 0 Å². The van der Waals surface area contributed by atoms with Crippen LogP contribution in [0, 0.1) is 6.92 Å². The zero-order chi connectivity index (χ0) is 19.9. The molecule has 0 bridgehead atoms. The van der Waals surface area contributed by atoms with Gasteiger partial charge < -0.3 is 10.1 Å². The Morgan fingerprint density at radius 3 is 2.43 bits per heavy atom. The Labute approximate surface area is 165 Å². The Morgan fingerprint density at radius 2 is 1.79 bits per heavy atom. The van der Waals surface area contributed by atoms with E-state index < -0.39 is 0 Å². The molecule has 0 aliphatic carbocycles. The van der Waals surface area contributed by atoms with Crippen LogP contribution in [0.1, 0.15) is 38.7 Å². The molecule has 2 aromatic carbocycles. The molecule has 0 fully saturated rings. The summed E-state index contributed by atoms with van der Waals surface area (Å²) in [6, 6.07) is 16.1. The lowest BCUT2D eigenvalue weighted by molar-refractivity contribution is -0.116. The van der Waals surface area contributed by atoms with E-state index in [2.05, 4.69) is 22.3 Å². The molecule has 0 saturated carbocycles. The Balaban J connectivity index is 1.87. The van der Waals surface area contributed by atoms with Gasteiger partial charge in [0, 0.05) is 17.7 Å². The van der Waals surface area contributed by atoms with Gasteiger partial charge in [-0.15, -0.1) is 5.10 Å². The van der Waals surface area contributed by atoms with Crippen LogP contribution in [-0.4, -0.2) is 27.3 Å². The smallest absolute Gasteiger partial charge is 0.336 e. The number of ether oxygens (including phenoxy) is 1. The van der Waals surface area contributed by atoms with E-state index in [1.807, 2.05) is 62.4 Å². The second kappa shape index (κ2) is 9.17. The molecule has 0 unspecified atom stereocenters. The molecule has 3 aromatic rings. The number of carbonyl (C=O) groups is 1. The van der Waals surface area contributed by atoms with Gasteiger partial charge in [-0.1, -0.05) is 43.2 Å². The SMILES string of the molecule is CCCCC(=O)Nc1ccc(-n2nc(OCC)nc2-c2ccc(C)cc2)cc1. The van der Waals surface area contributed by atoms with Crippen molar-refractivity contribution in [2.75, 3.05) is 11.9 Å². The van der Waals surface area contributed by atoms with Gasteiger partial charge in [-0.25, -0.2) is 4.68 Å². The lowest BCUT2D eigenvalue weighted by Crippen LogP contribution is -2.11. The number of unbranched alkanes of at least 4 members (excludes halogenated alkanes) is 1. The van der Waals surface area contributed by atoms with Crippen molar-refractivity contribution in [1.29, 1.82) is 0 Å². The van der Waals surface area contributed by atoms with Crippen molar-refractivity contribution < 1.29 is 9.53 Å². The van der Waals surface area contributed by atoms with E-state index in [0.717, 1.165) is 29.8 Å². The fraction of sp³-hybridized carbons (Fsp3) is 0.318. The van der Waals surface area contributed by atoms with Crippen molar-refractivity contribution in [3.63, 3.8) is 0 Å². The van der Waals surface area contributed by atoms with Crippen LogP contribution in [-0.2, 0) is 4.79 Å². The van der Waals surface area contributed by atoms with Crippen molar-refractivity contribution in [3.05, 3.63) is 54.1 Å². The Morgan fingerprint density at radius 1 is 1.07 bits per heavy atom. The number of amides is 1. The Bertz CT molecular complexity index is 915. The van der Waals surface area contributed by atoms with Crippen molar-refractivity contribution in [1.82, 2.24) is 14.8 Å². The first kappa shape index (κ1) is 19.6. The highest BCUT2D eigenvalue weighted by molar-refractivity contribution is 5.90. The maximum atomic E-state index is 11.9. The molecule has 1 amide bonds. The predicted octanol–water partition coefficient (Wildman–Crippen LogP) is 4.77. The monoisotopic (exact) mass is 378 g/mol. The molecule has 0 aliphatic rings. The number of aryl methyl sites for hydroxylation is 1. The second-order valence-corrected chi connectivity index (χ2v) is 6.63. The van der Waals surface area contributed by atoms with Crippen molar-refractivity contribution in [3.8, 4) is 23.1 Å². The number of rotatable bonds is 8. The summed E-state index contributed by atoms with van der Waals surface area (Å²) in [7, 11) is 0. The first-order valence-corrected chi connectivity index (χ1v) is 9.68. The summed E-state index contributed by atoms with van der Waals surface area (Å²) in [5, 5.41) is 7.42. The predicted molar refractivity (Wildman–Crippen MR) is 111 cm³/mol. The molecule has 1 N–H and O–H groups in total. The molecule has 146 valence electrons. The standard InChI is InChI=1S/C22H26N4O2/c1-4-6-7-20(27)23-18-12-14-19(15-13-18)26-21(24-22(25-26)28-5-2)17-10-8-16(3)9-11-17/h8-15H,4-7H2,1-3H3,(H,23,27). The summed E-state index contributed by atoms with van der Waals surface area (Å²) >= 11 is 0. The number of benzene rings is 2. The topological polar surface area (TPSA) is 69.0 Å². The third kappa shape index (κ3) is 4.76. The number of carbonyl (C=O) groups excluding carboxylic acids is 1. The number of nitrogens with zero attached hydrogens (tertiary/aromatic N) is 3. The number of nitrogens with one attached hydrogen (secondary N) is 1. The average molecular weight is 378 g/mol. The summed E-state index contributed by atoms with van der Waals surface area (Å²) in [4.78, 5) is 16.5. The molecule has 1 heterocycles. The first-order chi connectivity index (χ1) is 13.6. The van der Waals surface area contributed by atoms with Gasteiger partial charge in [0.25, 0.3) is 0 Å². The van der Waals surface area contributed by atoms with Crippen LogP contribution in [0.15, 0.2) is 48.5 Å². The highest BCUT2D eigenvalue weighted by Gasteiger charge is 2.14. The lowest BCUT2D eigenvalue weighted by Gasteiger charge is -2.08. The number of anilines is 1. The summed E-state index contributed by atoms with van der Waals surface area (Å²) in [6.45, 7) is 6.53. The fourth-order valence-corrected chi connectivity index (χ4v) is 2.80. The van der Waals surface area contributed by atoms with Gasteiger partial charge in [-0.3, -0.25) is 4.79 Å². The highest BCUT2D eigenvalue weighted by atomic mass is 16.5. The van der Waals surface area contributed by atoms with Gasteiger partial charge in [-0.05, 0) is 44.5 Å². The fourth-order valence-electron chi connectivity index (χ4n) is 2.80. The summed E-state index contributed by atoms with van der Waals surface area (Å²) in [5.41, 5.74) is 3.76. The third-order valence-corrected chi connectivity index (χ3v) is 4.32. The number of aromatic nitrogens is 3. The molecular weight excluding hydrogens is 352 g/mol. The van der Waals surface area contributed by atoms with Crippen LogP contribution in [0.3, 0.4) is 0 Å². The zero-order valence-electron chi connectivity index (χ0n) is 16.6. The maximum Gasteiger partial charge on any atom is 0.336 e. The van der Waals surface area contributed by atoms with Crippen LogP contribution >= 0.6 is 0 Å². The molecule has 28 heavy (non-hydrogen) atoms. The van der Waals surface area contributed by atoms with E-state index in [0.29, 0.717) is 24.9 Å². The van der Waals surface area contributed by atoms with Crippen LogP contribution < -0.4 is 10.1 Å². The molecule has 6 heteroatoms. The van der Waals surface area contributed by atoms with Crippen LogP contribution in [0.4, 0.5) is 5.69 Å². The van der Waals surface area contributed by atoms with E-state index in [1.165, 1.54) is 5.56 Å². The third-order valence-electron chi connectivity index (χ3n) is 4.32. The van der Waals surface area contributed by atoms with Gasteiger partial charge in [-0.2, -0.15) is 4.98 Å². The second-order valence-electron chi connectivity index (χ2n) is 6.63. The van der Waals surface area contributed by atoms with Gasteiger partial charge in [0.1, 0.15) is 0 Å².